The molecule has 2 aromatic rings. The number of aromatic hydroxyl groups is 1. The van der Waals surface area contributed by atoms with Crippen molar-refractivity contribution in [1.82, 2.24) is 0 Å². The lowest BCUT2D eigenvalue weighted by Crippen LogP contribution is -2.47. The molecule has 1 saturated heterocycles. The molecular weight excluding hydrogens is 428 g/mol. The van der Waals surface area contributed by atoms with Crippen LogP contribution in [0.1, 0.15) is 90.9 Å². The Balaban J connectivity index is 2.06. The Bertz CT molecular complexity index is 975. The largest absolute Gasteiger partial charge is 0.504 e. The van der Waals surface area contributed by atoms with Gasteiger partial charge in [-0.15, -0.1) is 0 Å². The summed E-state index contributed by atoms with van der Waals surface area (Å²) < 4.78 is 25.2. The van der Waals surface area contributed by atoms with E-state index in [-0.39, 0.29) is 22.0 Å². The maximum Gasteiger partial charge on any atom is 0.190 e. The minimum absolute atomic E-state index is 0.124. The molecule has 1 aliphatic heterocycles. The van der Waals surface area contributed by atoms with Gasteiger partial charge >= 0.3 is 0 Å². The van der Waals surface area contributed by atoms with Crippen LogP contribution in [0.15, 0.2) is 30.3 Å². The van der Waals surface area contributed by atoms with Gasteiger partial charge in [0.25, 0.3) is 0 Å². The lowest BCUT2D eigenvalue weighted by molar-refractivity contribution is -0.424. The number of phenolic OH excluding ortho intramolecular Hbond substituents is 1. The fourth-order valence-electron chi connectivity index (χ4n) is 3.84. The second kappa shape index (κ2) is 9.18. The highest BCUT2D eigenvalue weighted by Crippen LogP contribution is 2.43. The van der Waals surface area contributed by atoms with Crippen LogP contribution in [0, 0.1) is 24.7 Å². The van der Waals surface area contributed by atoms with E-state index in [1.807, 2.05) is 32.0 Å². The summed E-state index contributed by atoms with van der Waals surface area (Å²) in [5, 5.41) is 10.5. The van der Waals surface area contributed by atoms with Crippen LogP contribution in [0.3, 0.4) is 0 Å². The Kier molecular flexibility index (Phi) is 7.16. The number of aryl methyl sites for hydroxylation is 2. The van der Waals surface area contributed by atoms with Gasteiger partial charge in [0.2, 0.25) is 0 Å². The van der Waals surface area contributed by atoms with E-state index in [0.717, 1.165) is 22.3 Å². The minimum Gasteiger partial charge on any atom is -0.504 e. The molecule has 1 fully saturated rings. The Morgan fingerprint density at radius 1 is 0.735 bits per heavy atom. The molecule has 0 spiro atoms. The van der Waals surface area contributed by atoms with Crippen LogP contribution in [0.4, 0.5) is 0 Å². The molecule has 0 aliphatic carbocycles. The third-order valence-corrected chi connectivity index (χ3v) is 5.84. The van der Waals surface area contributed by atoms with Crippen molar-refractivity contribution in [3.05, 3.63) is 52.6 Å². The first kappa shape index (κ1) is 26.5. The smallest absolute Gasteiger partial charge is 0.190 e. The van der Waals surface area contributed by atoms with E-state index in [2.05, 4.69) is 68.4 Å². The molecule has 188 valence electrons. The number of benzene rings is 2. The molecule has 0 amide bonds. The lowest BCUT2D eigenvalue weighted by Gasteiger charge is -2.45. The van der Waals surface area contributed by atoms with E-state index in [4.69, 9.17) is 18.9 Å². The lowest BCUT2D eigenvalue weighted by atomic mass is 9.85. The van der Waals surface area contributed by atoms with Gasteiger partial charge in [0, 0.05) is 16.4 Å². The Labute approximate surface area is 205 Å². The van der Waals surface area contributed by atoms with Crippen molar-refractivity contribution in [2.24, 2.45) is 10.8 Å². The summed E-state index contributed by atoms with van der Waals surface area (Å²) in [6.45, 7) is 23.0. The molecule has 1 aliphatic rings. The third kappa shape index (κ3) is 6.12. The topological polar surface area (TPSA) is 57.2 Å². The summed E-state index contributed by atoms with van der Waals surface area (Å²) in [6.07, 6.45) is -1.47. The molecule has 0 radical (unpaired) electrons. The summed E-state index contributed by atoms with van der Waals surface area (Å²) in [6, 6.07) is 9.77. The first-order valence-electron chi connectivity index (χ1n) is 12.0. The van der Waals surface area contributed by atoms with E-state index in [9.17, 15) is 5.11 Å². The summed E-state index contributed by atoms with van der Waals surface area (Å²) in [7, 11) is 0. The number of hydrogen-bond donors (Lipinski definition) is 1. The molecule has 1 heterocycles. The Morgan fingerprint density at radius 3 is 1.76 bits per heavy atom. The zero-order chi connectivity index (χ0) is 25.6. The molecule has 0 aromatic heterocycles. The highest BCUT2D eigenvalue weighted by Gasteiger charge is 2.43. The van der Waals surface area contributed by atoms with Gasteiger partial charge in [0.1, 0.15) is 5.75 Å². The van der Waals surface area contributed by atoms with Crippen LogP contribution in [0.2, 0.25) is 0 Å². The number of ether oxygens (including phenoxy) is 4. The molecule has 0 saturated carbocycles. The maximum absolute atomic E-state index is 10.5. The molecule has 0 bridgehead atoms. The van der Waals surface area contributed by atoms with Gasteiger partial charge in [-0.1, -0.05) is 68.4 Å². The summed E-state index contributed by atoms with van der Waals surface area (Å²) in [4.78, 5) is 0. The van der Waals surface area contributed by atoms with Gasteiger partial charge in [-0.2, -0.15) is 0 Å². The van der Waals surface area contributed by atoms with Gasteiger partial charge < -0.3 is 24.1 Å². The predicted molar refractivity (Wildman–Crippen MR) is 135 cm³/mol. The zero-order valence-corrected chi connectivity index (χ0v) is 22.7. The molecule has 2 atom stereocenters. The average molecular weight is 471 g/mol. The monoisotopic (exact) mass is 470 g/mol. The predicted octanol–water partition coefficient (Wildman–Crippen LogP) is 7.91. The molecule has 34 heavy (non-hydrogen) atoms. The van der Waals surface area contributed by atoms with Crippen molar-refractivity contribution in [2.45, 2.75) is 100 Å². The second-order valence-electron chi connectivity index (χ2n) is 12.7. The van der Waals surface area contributed by atoms with Crippen molar-refractivity contribution in [3.8, 4) is 17.2 Å². The van der Waals surface area contributed by atoms with E-state index in [0.29, 0.717) is 11.5 Å². The van der Waals surface area contributed by atoms with E-state index < -0.39 is 18.9 Å². The Hall–Kier alpha value is -2.08. The average Bonchev–Trinajstić information content (AvgIpc) is 2.68. The zero-order valence-electron chi connectivity index (χ0n) is 22.7. The van der Waals surface area contributed by atoms with Crippen LogP contribution >= 0.6 is 0 Å². The summed E-state index contributed by atoms with van der Waals surface area (Å²) in [5.74, 6) is 1.21. The van der Waals surface area contributed by atoms with Crippen molar-refractivity contribution < 1.29 is 24.1 Å². The minimum atomic E-state index is -0.612. The number of hydrogen-bond acceptors (Lipinski definition) is 5. The van der Waals surface area contributed by atoms with Crippen LogP contribution in [0.25, 0.3) is 0 Å². The molecule has 5 nitrogen and oxygen atoms in total. The fourth-order valence-corrected chi connectivity index (χ4v) is 3.84. The first-order valence-corrected chi connectivity index (χ1v) is 12.0. The van der Waals surface area contributed by atoms with Crippen molar-refractivity contribution in [3.63, 3.8) is 0 Å². The van der Waals surface area contributed by atoms with E-state index in [1.165, 1.54) is 0 Å². The first-order chi connectivity index (χ1) is 15.4. The number of phenols is 1. The van der Waals surface area contributed by atoms with Crippen molar-refractivity contribution >= 4 is 0 Å². The highest BCUT2D eigenvalue weighted by atomic mass is 16.9. The van der Waals surface area contributed by atoms with Crippen LogP contribution in [0.5, 0.6) is 17.2 Å². The van der Waals surface area contributed by atoms with Crippen molar-refractivity contribution in [1.29, 1.82) is 0 Å². The standard InChI is InChI=1S/C29H42O5/c1-17-12-18(2)23(22(30)13-17)31-21-15-19(14-20(16-21)27(3,4)5)24-32-25(28(6,7)8)34-26(33-24)29(9,10)11/h12-16,24-26,30H,1-11H3. The maximum atomic E-state index is 10.5. The quantitative estimate of drug-likeness (QED) is 0.494. The van der Waals surface area contributed by atoms with Crippen LogP contribution in [-0.4, -0.2) is 17.7 Å². The van der Waals surface area contributed by atoms with Gasteiger partial charge in [-0.05, 0) is 60.2 Å². The van der Waals surface area contributed by atoms with Gasteiger partial charge in [-0.25, -0.2) is 0 Å². The molecule has 2 aromatic carbocycles. The Morgan fingerprint density at radius 2 is 1.29 bits per heavy atom. The van der Waals surface area contributed by atoms with Crippen LogP contribution in [-0.2, 0) is 19.6 Å². The van der Waals surface area contributed by atoms with Crippen molar-refractivity contribution in [2.75, 3.05) is 0 Å². The summed E-state index contributed by atoms with van der Waals surface area (Å²) >= 11 is 0. The highest BCUT2D eigenvalue weighted by molar-refractivity contribution is 5.51. The van der Waals surface area contributed by atoms with Gasteiger partial charge in [0.05, 0.1) is 0 Å². The summed E-state index contributed by atoms with van der Waals surface area (Å²) in [5.41, 5.74) is 3.22. The third-order valence-electron chi connectivity index (χ3n) is 5.84. The molecular formula is C29H42O5. The molecule has 1 N–H and O–H groups in total. The number of rotatable bonds is 3. The molecule has 5 heteroatoms. The second-order valence-corrected chi connectivity index (χ2v) is 12.7. The van der Waals surface area contributed by atoms with E-state index >= 15 is 0 Å². The molecule has 2 unspecified atom stereocenters. The fraction of sp³-hybridized carbons (Fsp3) is 0.586. The van der Waals surface area contributed by atoms with E-state index in [1.54, 1.807) is 6.07 Å². The van der Waals surface area contributed by atoms with Crippen LogP contribution < -0.4 is 4.74 Å². The molecule has 3 rings (SSSR count). The van der Waals surface area contributed by atoms with Gasteiger partial charge in [-0.3, -0.25) is 0 Å². The normalized spacial score (nSPS) is 22.0. The SMILES string of the molecule is Cc1cc(C)c(Oc2cc(C3OC(C(C)(C)C)OC(C(C)(C)C)O3)cc(C(C)(C)C)c2)c(O)c1. The van der Waals surface area contributed by atoms with Gasteiger partial charge in [0.15, 0.2) is 30.4 Å².